The molecule has 6 nitrogen and oxygen atoms in total. The number of aromatic nitrogens is 3. The van der Waals surface area contributed by atoms with Crippen molar-refractivity contribution in [3.63, 3.8) is 0 Å². The van der Waals surface area contributed by atoms with Crippen LogP contribution in [0.25, 0.3) is 11.3 Å². The second kappa shape index (κ2) is 7.00. The van der Waals surface area contributed by atoms with E-state index in [9.17, 15) is 4.79 Å². The van der Waals surface area contributed by atoms with Crippen LogP contribution in [0.4, 0.5) is 0 Å². The second-order valence-corrected chi connectivity index (χ2v) is 6.45. The molecule has 1 atom stereocenters. The van der Waals surface area contributed by atoms with Gasteiger partial charge in [-0.2, -0.15) is 0 Å². The van der Waals surface area contributed by atoms with Gasteiger partial charge in [-0.25, -0.2) is 4.98 Å². The maximum Gasteiger partial charge on any atom is 0.223 e. The Morgan fingerprint density at radius 1 is 1.23 bits per heavy atom. The third-order valence-electron chi connectivity index (χ3n) is 4.69. The lowest BCUT2D eigenvalue weighted by atomic mass is 10.1. The van der Waals surface area contributed by atoms with Crippen LogP contribution in [-0.2, 0) is 11.3 Å². The van der Waals surface area contributed by atoms with E-state index in [1.165, 1.54) is 0 Å². The van der Waals surface area contributed by atoms with Gasteiger partial charge in [-0.15, -0.1) is 0 Å². The molecule has 1 fully saturated rings. The Hall–Kier alpha value is -3.15. The van der Waals surface area contributed by atoms with Gasteiger partial charge in [0.15, 0.2) is 0 Å². The number of pyridine rings is 1. The van der Waals surface area contributed by atoms with E-state index >= 15 is 0 Å². The largest absolute Gasteiger partial charge is 0.497 e. The Morgan fingerprint density at radius 2 is 2.08 bits per heavy atom. The lowest BCUT2D eigenvalue weighted by Gasteiger charge is -2.15. The van der Waals surface area contributed by atoms with Gasteiger partial charge in [0.1, 0.15) is 11.6 Å². The van der Waals surface area contributed by atoms with E-state index < -0.39 is 0 Å². The third kappa shape index (κ3) is 3.31. The molecule has 0 bridgehead atoms. The molecule has 0 saturated carbocycles. The van der Waals surface area contributed by atoms with Gasteiger partial charge in [0.2, 0.25) is 5.91 Å². The molecule has 26 heavy (non-hydrogen) atoms. The molecule has 1 saturated heterocycles. The molecule has 1 aliphatic heterocycles. The first kappa shape index (κ1) is 16.3. The fourth-order valence-electron chi connectivity index (χ4n) is 3.28. The Balaban J connectivity index is 1.46. The number of nitrogens with zero attached hydrogens (tertiary/aromatic N) is 3. The van der Waals surface area contributed by atoms with E-state index in [-0.39, 0.29) is 11.8 Å². The number of likely N-dealkylation sites (tertiary alicyclic amines) is 1. The molecule has 1 amide bonds. The number of ether oxygens (including phenoxy) is 1. The lowest BCUT2D eigenvalue weighted by molar-refractivity contribution is -0.128. The number of carbonyl (C=O) groups is 1. The molecule has 0 radical (unpaired) electrons. The van der Waals surface area contributed by atoms with Gasteiger partial charge in [-0.3, -0.25) is 9.78 Å². The number of aromatic amines is 1. The zero-order valence-electron chi connectivity index (χ0n) is 14.6. The van der Waals surface area contributed by atoms with Crippen molar-refractivity contribution in [2.45, 2.75) is 18.9 Å². The van der Waals surface area contributed by atoms with Crippen LogP contribution in [-0.4, -0.2) is 39.4 Å². The van der Waals surface area contributed by atoms with Gasteiger partial charge in [-0.1, -0.05) is 6.07 Å². The van der Waals surface area contributed by atoms with Crippen molar-refractivity contribution < 1.29 is 9.53 Å². The molecule has 2 aromatic heterocycles. The summed E-state index contributed by atoms with van der Waals surface area (Å²) in [4.78, 5) is 26.2. The lowest BCUT2D eigenvalue weighted by Crippen LogP contribution is -2.24. The van der Waals surface area contributed by atoms with Gasteiger partial charge in [-0.05, 0) is 41.5 Å². The van der Waals surface area contributed by atoms with Gasteiger partial charge in [0, 0.05) is 37.8 Å². The molecular formula is C20H20N4O2. The molecule has 1 N–H and O–H groups in total. The Kier molecular flexibility index (Phi) is 4.39. The van der Waals surface area contributed by atoms with Crippen LogP contribution in [0.2, 0.25) is 0 Å². The number of carbonyl (C=O) groups excluding carboxylic acids is 1. The number of benzene rings is 1. The van der Waals surface area contributed by atoms with Gasteiger partial charge >= 0.3 is 0 Å². The molecular weight excluding hydrogens is 328 g/mol. The first-order valence-electron chi connectivity index (χ1n) is 8.59. The number of hydrogen-bond donors (Lipinski definition) is 1. The summed E-state index contributed by atoms with van der Waals surface area (Å²) in [6, 6.07) is 11.7. The summed E-state index contributed by atoms with van der Waals surface area (Å²) in [5.41, 5.74) is 3.03. The highest BCUT2D eigenvalue weighted by Gasteiger charge is 2.32. The van der Waals surface area contributed by atoms with Gasteiger partial charge < -0.3 is 14.6 Å². The van der Waals surface area contributed by atoms with Crippen molar-refractivity contribution in [2.75, 3.05) is 13.7 Å². The van der Waals surface area contributed by atoms with E-state index in [2.05, 4.69) is 15.0 Å². The van der Waals surface area contributed by atoms with Gasteiger partial charge in [0.25, 0.3) is 0 Å². The summed E-state index contributed by atoms with van der Waals surface area (Å²) < 4.78 is 5.19. The standard InChI is InChI=1S/C20H20N4O2/c1-26-17-6-4-15(5-7-17)18-11-22-20(23-18)16-9-19(25)24(13-16)12-14-3-2-8-21-10-14/h2-8,10-11,16H,9,12-13H2,1H3,(H,22,23)/t16-/m1/s1. The van der Waals surface area contributed by atoms with Crippen molar-refractivity contribution >= 4 is 5.91 Å². The highest BCUT2D eigenvalue weighted by molar-refractivity contribution is 5.79. The van der Waals surface area contributed by atoms with E-state index in [1.54, 1.807) is 19.5 Å². The highest BCUT2D eigenvalue weighted by atomic mass is 16.5. The molecule has 3 heterocycles. The van der Waals surface area contributed by atoms with Crippen LogP contribution in [0, 0.1) is 0 Å². The number of methoxy groups -OCH3 is 1. The van der Waals surface area contributed by atoms with Crippen LogP contribution < -0.4 is 4.74 Å². The first-order chi connectivity index (χ1) is 12.7. The Labute approximate surface area is 151 Å². The number of imidazole rings is 1. The molecule has 132 valence electrons. The second-order valence-electron chi connectivity index (χ2n) is 6.45. The quantitative estimate of drug-likeness (QED) is 0.769. The molecule has 1 aromatic carbocycles. The summed E-state index contributed by atoms with van der Waals surface area (Å²) in [7, 11) is 1.65. The van der Waals surface area contributed by atoms with Crippen molar-refractivity contribution in [1.82, 2.24) is 19.9 Å². The number of amides is 1. The molecule has 1 aliphatic rings. The first-order valence-corrected chi connectivity index (χ1v) is 8.59. The molecule has 4 rings (SSSR count). The van der Waals surface area contributed by atoms with Crippen LogP contribution in [0.5, 0.6) is 5.75 Å². The zero-order chi connectivity index (χ0) is 17.9. The minimum atomic E-state index is 0.0890. The normalized spacial score (nSPS) is 16.9. The maximum absolute atomic E-state index is 12.4. The summed E-state index contributed by atoms with van der Waals surface area (Å²) in [5.74, 6) is 1.92. The van der Waals surface area contributed by atoms with Crippen LogP contribution in [0.3, 0.4) is 0 Å². The Morgan fingerprint density at radius 3 is 2.81 bits per heavy atom. The predicted molar refractivity (Wildman–Crippen MR) is 97.6 cm³/mol. The fraction of sp³-hybridized carbons (Fsp3) is 0.250. The number of rotatable bonds is 5. The highest BCUT2D eigenvalue weighted by Crippen LogP contribution is 2.29. The molecule has 0 spiro atoms. The average molecular weight is 348 g/mol. The molecule has 0 unspecified atom stereocenters. The number of H-pyrrole nitrogens is 1. The van der Waals surface area contributed by atoms with Gasteiger partial charge in [0.05, 0.1) is 19.0 Å². The molecule has 3 aromatic rings. The predicted octanol–water partition coefficient (Wildman–Crippen LogP) is 3.00. The Bertz CT molecular complexity index is 890. The minimum Gasteiger partial charge on any atom is -0.497 e. The van der Waals surface area contributed by atoms with Crippen molar-refractivity contribution in [3.05, 3.63) is 66.4 Å². The van der Waals surface area contributed by atoms with E-state index in [1.807, 2.05) is 47.5 Å². The summed E-state index contributed by atoms with van der Waals surface area (Å²) in [5, 5.41) is 0. The average Bonchev–Trinajstić information content (AvgIpc) is 3.30. The van der Waals surface area contributed by atoms with Crippen molar-refractivity contribution in [2.24, 2.45) is 0 Å². The zero-order valence-corrected chi connectivity index (χ0v) is 14.6. The van der Waals surface area contributed by atoms with Crippen molar-refractivity contribution in [1.29, 1.82) is 0 Å². The summed E-state index contributed by atoms with van der Waals surface area (Å²) >= 11 is 0. The fourth-order valence-corrected chi connectivity index (χ4v) is 3.28. The number of hydrogen-bond acceptors (Lipinski definition) is 4. The van der Waals surface area contributed by atoms with Crippen LogP contribution in [0.15, 0.2) is 55.0 Å². The summed E-state index contributed by atoms with van der Waals surface area (Å²) in [6.45, 7) is 1.26. The smallest absolute Gasteiger partial charge is 0.223 e. The monoisotopic (exact) mass is 348 g/mol. The number of nitrogens with one attached hydrogen (secondary N) is 1. The third-order valence-corrected chi connectivity index (χ3v) is 4.69. The van der Waals surface area contributed by atoms with E-state index in [0.717, 1.165) is 28.4 Å². The van der Waals surface area contributed by atoms with E-state index in [4.69, 9.17) is 4.74 Å². The SMILES string of the molecule is COc1ccc(-c2cnc([C@@H]3CC(=O)N(Cc4cccnc4)C3)[nH]2)cc1. The molecule has 0 aliphatic carbocycles. The van der Waals surface area contributed by atoms with Crippen LogP contribution >= 0.6 is 0 Å². The maximum atomic E-state index is 12.4. The molecule has 6 heteroatoms. The topological polar surface area (TPSA) is 71.1 Å². The van der Waals surface area contributed by atoms with Crippen LogP contribution in [0.1, 0.15) is 23.7 Å². The van der Waals surface area contributed by atoms with Crippen molar-refractivity contribution in [3.8, 4) is 17.0 Å². The van der Waals surface area contributed by atoms with E-state index in [0.29, 0.717) is 19.5 Å². The minimum absolute atomic E-state index is 0.0890. The summed E-state index contributed by atoms with van der Waals surface area (Å²) in [6.07, 6.45) is 5.85.